The van der Waals surface area contributed by atoms with Gasteiger partial charge in [-0.2, -0.15) is 4.31 Å². The van der Waals surface area contributed by atoms with Crippen molar-refractivity contribution in [3.8, 4) is 0 Å². The van der Waals surface area contributed by atoms with Gasteiger partial charge in [-0.15, -0.1) is 0 Å². The molecule has 1 unspecified atom stereocenters. The Balaban J connectivity index is 1.63. The largest absolute Gasteiger partial charge is 0.348 e. The Bertz CT molecular complexity index is 958. The van der Waals surface area contributed by atoms with Crippen LogP contribution < -0.4 is 5.32 Å². The minimum absolute atomic E-state index is 0.106. The van der Waals surface area contributed by atoms with Crippen molar-refractivity contribution >= 4 is 27.5 Å². The molecule has 3 rings (SSSR count). The third kappa shape index (κ3) is 4.74. The summed E-state index contributed by atoms with van der Waals surface area (Å²) in [6, 6.07) is 12.1. The second-order valence-electron chi connectivity index (χ2n) is 7.24. The van der Waals surface area contributed by atoms with Gasteiger partial charge in [-0.1, -0.05) is 29.8 Å². The van der Waals surface area contributed by atoms with E-state index in [-0.39, 0.29) is 23.4 Å². The summed E-state index contributed by atoms with van der Waals surface area (Å²) in [5, 5.41) is 3.36. The summed E-state index contributed by atoms with van der Waals surface area (Å²) in [4.78, 5) is 12.5. The first-order chi connectivity index (χ1) is 13.3. The predicted molar refractivity (Wildman–Crippen MR) is 111 cm³/mol. The van der Waals surface area contributed by atoms with Gasteiger partial charge >= 0.3 is 0 Å². The summed E-state index contributed by atoms with van der Waals surface area (Å²) in [6.45, 7) is 1.66. The highest BCUT2D eigenvalue weighted by Gasteiger charge is 2.23. The number of nitrogens with one attached hydrogen (secondary N) is 1. The molecule has 0 saturated heterocycles. The fourth-order valence-electron chi connectivity index (χ4n) is 3.47. The third-order valence-electron chi connectivity index (χ3n) is 5.14. The number of aryl methyl sites for hydroxylation is 2. The number of hydrogen-bond acceptors (Lipinski definition) is 3. The van der Waals surface area contributed by atoms with E-state index in [9.17, 15) is 13.2 Å². The maximum absolute atomic E-state index is 12.6. The van der Waals surface area contributed by atoms with Crippen LogP contribution in [0.4, 0.5) is 0 Å². The number of rotatable bonds is 6. The lowest BCUT2D eigenvalue weighted by molar-refractivity contribution is -0.121. The van der Waals surface area contributed by atoms with Crippen molar-refractivity contribution in [1.29, 1.82) is 0 Å². The molecule has 0 spiro atoms. The molecule has 0 heterocycles. The Morgan fingerprint density at radius 1 is 1.11 bits per heavy atom. The molecule has 1 aliphatic rings. The Morgan fingerprint density at radius 2 is 1.75 bits per heavy atom. The normalized spacial score (nSPS) is 15.1. The lowest BCUT2D eigenvalue weighted by atomic mass is 9.89. The molecule has 2 aromatic rings. The van der Waals surface area contributed by atoms with E-state index in [4.69, 9.17) is 11.6 Å². The molecule has 1 amide bonds. The summed E-state index contributed by atoms with van der Waals surface area (Å²) in [7, 11) is -2.35. The van der Waals surface area contributed by atoms with E-state index in [1.807, 2.05) is 13.0 Å². The standard InChI is InChI=1S/C21H25ClN2O3S/c1-15(17-8-7-16-5-3-4-6-18(16)13-17)23-21(25)14-24(2)28(26,27)20-11-9-19(22)10-12-20/h7-13,15H,3-6,14H2,1-2H3,(H,23,25). The number of hydrogen-bond donors (Lipinski definition) is 1. The molecular formula is C21H25ClN2O3S. The molecule has 2 aromatic carbocycles. The SMILES string of the molecule is CC(NC(=O)CN(C)S(=O)(=O)c1ccc(Cl)cc1)c1ccc2c(c1)CCCC2. The lowest BCUT2D eigenvalue weighted by Gasteiger charge is -2.21. The van der Waals surface area contributed by atoms with Crippen LogP contribution in [0.2, 0.25) is 5.02 Å². The summed E-state index contributed by atoms with van der Waals surface area (Å²) < 4.78 is 26.2. The molecule has 5 nitrogen and oxygen atoms in total. The van der Waals surface area contributed by atoms with Gasteiger partial charge in [0.1, 0.15) is 0 Å². The molecule has 28 heavy (non-hydrogen) atoms. The van der Waals surface area contributed by atoms with Crippen molar-refractivity contribution in [2.45, 2.75) is 43.5 Å². The van der Waals surface area contributed by atoms with E-state index in [1.165, 1.54) is 55.3 Å². The number of halogens is 1. The van der Waals surface area contributed by atoms with E-state index in [0.717, 1.165) is 22.7 Å². The summed E-state index contributed by atoms with van der Waals surface area (Å²) in [5.74, 6) is -0.342. The number of nitrogens with zero attached hydrogens (tertiary/aromatic N) is 1. The first-order valence-corrected chi connectivity index (χ1v) is 11.2. The van der Waals surface area contributed by atoms with Gasteiger partial charge in [0.25, 0.3) is 0 Å². The van der Waals surface area contributed by atoms with Crippen LogP contribution >= 0.6 is 11.6 Å². The van der Waals surface area contributed by atoms with Gasteiger partial charge in [0, 0.05) is 12.1 Å². The zero-order valence-electron chi connectivity index (χ0n) is 16.1. The van der Waals surface area contributed by atoms with E-state index in [1.54, 1.807) is 0 Å². The maximum atomic E-state index is 12.6. The van der Waals surface area contributed by atoms with E-state index in [2.05, 4.69) is 17.4 Å². The van der Waals surface area contributed by atoms with Crippen LogP contribution in [0.25, 0.3) is 0 Å². The van der Waals surface area contributed by atoms with Crippen LogP contribution in [0.15, 0.2) is 47.4 Å². The number of carbonyl (C=O) groups excluding carboxylic acids is 1. The van der Waals surface area contributed by atoms with Gasteiger partial charge in [0.2, 0.25) is 15.9 Å². The second kappa shape index (κ2) is 8.64. The van der Waals surface area contributed by atoms with E-state index in [0.29, 0.717) is 5.02 Å². The van der Waals surface area contributed by atoms with Crippen molar-refractivity contribution in [2.24, 2.45) is 0 Å². The minimum Gasteiger partial charge on any atom is -0.348 e. The molecule has 0 radical (unpaired) electrons. The second-order valence-corrected chi connectivity index (χ2v) is 9.72. The predicted octanol–water partition coefficient (Wildman–Crippen LogP) is 3.72. The maximum Gasteiger partial charge on any atom is 0.243 e. The average Bonchev–Trinajstić information content (AvgIpc) is 2.67. The molecule has 0 bridgehead atoms. The molecule has 0 saturated carbocycles. The molecule has 150 valence electrons. The number of amides is 1. The highest BCUT2D eigenvalue weighted by Crippen LogP contribution is 2.25. The molecule has 0 aromatic heterocycles. The minimum atomic E-state index is -3.75. The van der Waals surface area contributed by atoms with Gasteiger partial charge in [-0.05, 0) is 73.6 Å². The van der Waals surface area contributed by atoms with Crippen LogP contribution in [0, 0.1) is 0 Å². The van der Waals surface area contributed by atoms with E-state index >= 15 is 0 Å². The molecule has 0 fully saturated rings. The zero-order chi connectivity index (χ0) is 20.3. The summed E-state index contributed by atoms with van der Waals surface area (Å²) in [6.07, 6.45) is 4.62. The molecular weight excluding hydrogens is 396 g/mol. The molecule has 0 aliphatic heterocycles. The summed E-state index contributed by atoms with van der Waals surface area (Å²) >= 11 is 5.81. The van der Waals surface area contributed by atoms with Gasteiger partial charge in [-0.3, -0.25) is 4.79 Å². The van der Waals surface area contributed by atoms with Crippen LogP contribution in [-0.2, 0) is 27.7 Å². The van der Waals surface area contributed by atoms with Gasteiger partial charge in [-0.25, -0.2) is 8.42 Å². The lowest BCUT2D eigenvalue weighted by Crippen LogP contribution is -2.39. The van der Waals surface area contributed by atoms with Crippen molar-refractivity contribution in [3.63, 3.8) is 0 Å². The smallest absolute Gasteiger partial charge is 0.243 e. The first kappa shape index (κ1) is 20.8. The first-order valence-electron chi connectivity index (χ1n) is 9.40. The topological polar surface area (TPSA) is 66.5 Å². The average molecular weight is 421 g/mol. The quantitative estimate of drug-likeness (QED) is 0.774. The van der Waals surface area contributed by atoms with Gasteiger partial charge in [0.05, 0.1) is 17.5 Å². The number of fused-ring (bicyclic) bond motifs is 1. The molecule has 7 heteroatoms. The molecule has 1 aliphatic carbocycles. The monoisotopic (exact) mass is 420 g/mol. The Morgan fingerprint density at radius 3 is 2.43 bits per heavy atom. The Hall–Kier alpha value is -1.89. The van der Waals surface area contributed by atoms with Crippen LogP contribution in [0.5, 0.6) is 0 Å². The van der Waals surface area contributed by atoms with Crippen LogP contribution in [0.1, 0.15) is 42.5 Å². The van der Waals surface area contributed by atoms with Crippen molar-refractivity contribution in [3.05, 3.63) is 64.2 Å². The van der Waals surface area contributed by atoms with Gasteiger partial charge < -0.3 is 5.32 Å². The number of sulfonamides is 1. The van der Waals surface area contributed by atoms with Crippen molar-refractivity contribution in [2.75, 3.05) is 13.6 Å². The van der Waals surface area contributed by atoms with Crippen molar-refractivity contribution < 1.29 is 13.2 Å². The van der Waals surface area contributed by atoms with Gasteiger partial charge in [0.15, 0.2) is 0 Å². The highest BCUT2D eigenvalue weighted by atomic mass is 35.5. The summed E-state index contributed by atoms with van der Waals surface area (Å²) in [5.41, 5.74) is 3.78. The Kier molecular flexibility index (Phi) is 6.43. The van der Waals surface area contributed by atoms with Crippen LogP contribution in [0.3, 0.4) is 0 Å². The zero-order valence-corrected chi connectivity index (χ0v) is 17.7. The highest BCUT2D eigenvalue weighted by molar-refractivity contribution is 7.89. The number of benzene rings is 2. The van der Waals surface area contributed by atoms with Crippen LogP contribution in [-0.4, -0.2) is 32.2 Å². The van der Waals surface area contributed by atoms with Crippen molar-refractivity contribution in [1.82, 2.24) is 9.62 Å². The fourth-order valence-corrected chi connectivity index (χ4v) is 4.72. The number of carbonyl (C=O) groups is 1. The molecule has 1 N–H and O–H groups in total. The molecule has 1 atom stereocenters. The fraction of sp³-hybridized carbons (Fsp3) is 0.381. The number of likely N-dealkylation sites (N-methyl/N-ethyl adjacent to an activating group) is 1. The third-order valence-corrected chi connectivity index (χ3v) is 7.21. The Labute approximate surface area is 171 Å². The van der Waals surface area contributed by atoms with E-state index < -0.39 is 10.0 Å².